The minimum atomic E-state index is -0.416. The van der Waals surface area contributed by atoms with Crippen molar-refractivity contribution in [2.75, 3.05) is 39.2 Å². The lowest BCUT2D eigenvalue weighted by Gasteiger charge is -2.26. The number of carbonyl (C=O) groups excluding carboxylic acids is 1. The van der Waals surface area contributed by atoms with Gasteiger partial charge in [0.25, 0.3) is 5.91 Å². The van der Waals surface area contributed by atoms with Crippen molar-refractivity contribution >= 4 is 17.3 Å². The molecule has 2 aromatic rings. The second-order valence-electron chi connectivity index (χ2n) is 6.66. The van der Waals surface area contributed by atoms with Gasteiger partial charge in [-0.1, -0.05) is 30.3 Å². The number of hydrogen-bond acceptors (Lipinski definition) is 5. The highest BCUT2D eigenvalue weighted by Gasteiger charge is 2.26. The molecule has 0 fully saturated rings. The Kier molecular flexibility index (Phi) is 7.35. The van der Waals surface area contributed by atoms with Gasteiger partial charge in [-0.15, -0.1) is 0 Å². The second-order valence-corrected chi connectivity index (χ2v) is 6.66. The molecule has 148 valence electrons. The van der Waals surface area contributed by atoms with E-state index in [-0.39, 0.29) is 17.0 Å². The monoisotopic (exact) mass is 381 g/mol. The molecule has 0 saturated heterocycles. The van der Waals surface area contributed by atoms with Gasteiger partial charge in [-0.2, -0.15) is 0 Å². The number of nitrogens with one attached hydrogen (secondary N) is 1. The van der Waals surface area contributed by atoms with E-state index >= 15 is 0 Å². The van der Waals surface area contributed by atoms with E-state index in [1.165, 1.54) is 6.92 Å². The quantitative estimate of drug-likeness (QED) is 0.417. The zero-order valence-corrected chi connectivity index (χ0v) is 16.8. The molecule has 2 N–H and O–H groups in total. The number of carbonyl (C=O) groups is 1. The van der Waals surface area contributed by atoms with Crippen molar-refractivity contribution < 1.29 is 14.6 Å². The summed E-state index contributed by atoms with van der Waals surface area (Å²) in [5.74, 6) is 0.0954. The number of anilines is 1. The molecule has 6 heteroatoms. The lowest BCUT2D eigenvalue weighted by Crippen LogP contribution is -2.39. The van der Waals surface area contributed by atoms with Crippen LogP contribution in [0.2, 0.25) is 0 Å². The molecule has 2 rings (SSSR count). The number of amides is 1. The number of rotatable bonds is 8. The van der Waals surface area contributed by atoms with Crippen molar-refractivity contribution in [2.45, 2.75) is 6.92 Å². The van der Waals surface area contributed by atoms with Crippen LogP contribution in [-0.4, -0.2) is 55.9 Å². The van der Waals surface area contributed by atoms with Crippen LogP contribution in [0.15, 0.2) is 65.9 Å². The van der Waals surface area contributed by atoms with E-state index in [1.54, 1.807) is 60.5 Å². The number of ether oxygens (including phenoxy) is 1. The fourth-order valence-corrected chi connectivity index (χ4v) is 2.74. The Bertz CT molecular complexity index is 839. The third-order valence-electron chi connectivity index (χ3n) is 4.29. The molecule has 0 aliphatic rings. The smallest absolute Gasteiger partial charge is 0.263 e. The Labute approximate surface area is 166 Å². The van der Waals surface area contributed by atoms with Crippen molar-refractivity contribution in [1.82, 2.24) is 4.90 Å². The summed E-state index contributed by atoms with van der Waals surface area (Å²) in [4.78, 5) is 16.9. The molecule has 2 aromatic carbocycles. The number of aliphatic hydroxyl groups excluding tert-OH is 1. The van der Waals surface area contributed by atoms with Gasteiger partial charge in [0, 0.05) is 24.3 Å². The van der Waals surface area contributed by atoms with Gasteiger partial charge in [-0.05, 0) is 45.3 Å². The van der Waals surface area contributed by atoms with Crippen LogP contribution in [0.25, 0.3) is 0 Å². The van der Waals surface area contributed by atoms with Gasteiger partial charge in [-0.25, -0.2) is 0 Å². The maximum absolute atomic E-state index is 13.4. The van der Waals surface area contributed by atoms with E-state index in [0.717, 1.165) is 0 Å². The normalized spacial score (nSPS) is 11.8. The van der Waals surface area contributed by atoms with E-state index < -0.39 is 5.91 Å². The number of allylic oxidation sites excluding steroid dienone is 1. The van der Waals surface area contributed by atoms with Gasteiger partial charge < -0.3 is 19.6 Å². The van der Waals surface area contributed by atoms with Crippen LogP contribution in [-0.2, 0) is 4.79 Å². The third kappa shape index (κ3) is 5.20. The summed E-state index contributed by atoms with van der Waals surface area (Å²) in [6.07, 6.45) is 0. The molecule has 0 heterocycles. The number of hydrogen-bond donors (Lipinski definition) is 2. The minimum absolute atomic E-state index is 0.00559. The van der Waals surface area contributed by atoms with Crippen molar-refractivity contribution in [3.05, 3.63) is 71.5 Å². The summed E-state index contributed by atoms with van der Waals surface area (Å²) in [5.41, 5.74) is 1.23. The van der Waals surface area contributed by atoms with Crippen LogP contribution < -0.4 is 9.64 Å². The molecule has 0 spiro atoms. The molecule has 0 aliphatic carbocycles. The molecule has 0 saturated carbocycles. The molecule has 0 aromatic heterocycles. The Hall–Kier alpha value is -3.12. The van der Waals surface area contributed by atoms with Gasteiger partial charge in [-0.3, -0.25) is 10.2 Å². The lowest BCUT2D eigenvalue weighted by molar-refractivity contribution is -0.114. The summed E-state index contributed by atoms with van der Waals surface area (Å²) in [5, 5.41) is 18.7. The fraction of sp³-hybridized carbons (Fsp3) is 0.273. The zero-order chi connectivity index (χ0) is 20.7. The Balaban J connectivity index is 2.42. The number of aliphatic hydroxyl groups is 1. The average molecular weight is 381 g/mol. The van der Waals surface area contributed by atoms with Gasteiger partial charge in [0.15, 0.2) is 0 Å². The van der Waals surface area contributed by atoms with Gasteiger partial charge in [0.1, 0.15) is 17.1 Å². The Morgan fingerprint density at radius 2 is 1.64 bits per heavy atom. The van der Waals surface area contributed by atoms with Gasteiger partial charge in [0.2, 0.25) is 0 Å². The van der Waals surface area contributed by atoms with E-state index in [1.807, 2.05) is 25.1 Å². The molecule has 1 amide bonds. The Morgan fingerprint density at radius 3 is 2.14 bits per heavy atom. The third-order valence-corrected chi connectivity index (χ3v) is 4.29. The minimum Gasteiger partial charge on any atom is -0.512 e. The Morgan fingerprint density at radius 1 is 1.04 bits per heavy atom. The predicted octanol–water partition coefficient (Wildman–Crippen LogP) is 3.49. The first-order valence-corrected chi connectivity index (χ1v) is 9.00. The number of nitrogens with zero attached hydrogens (tertiary/aromatic N) is 2. The number of benzene rings is 2. The molecule has 0 unspecified atom stereocenters. The highest BCUT2D eigenvalue weighted by molar-refractivity contribution is 6.30. The van der Waals surface area contributed by atoms with Crippen molar-refractivity contribution in [3.8, 4) is 5.75 Å². The SMILES string of the molecule is COc1ccc(N(CCN(C)C)C(=O)C(C(=N)c2ccccc2)=C(C)O)cc1. The zero-order valence-electron chi connectivity index (χ0n) is 16.8. The van der Waals surface area contributed by atoms with Crippen molar-refractivity contribution in [2.24, 2.45) is 0 Å². The number of likely N-dealkylation sites (N-methyl/N-ethyl adjacent to an activating group) is 1. The molecular weight excluding hydrogens is 354 g/mol. The van der Waals surface area contributed by atoms with Crippen LogP contribution in [0.4, 0.5) is 5.69 Å². The highest BCUT2D eigenvalue weighted by Crippen LogP contribution is 2.23. The average Bonchev–Trinajstić information content (AvgIpc) is 2.69. The van der Waals surface area contributed by atoms with E-state index in [4.69, 9.17) is 10.1 Å². The molecule has 0 bridgehead atoms. The fourth-order valence-electron chi connectivity index (χ4n) is 2.74. The first kappa shape index (κ1) is 21.2. The summed E-state index contributed by atoms with van der Waals surface area (Å²) < 4.78 is 5.19. The van der Waals surface area contributed by atoms with Crippen LogP contribution >= 0.6 is 0 Å². The van der Waals surface area contributed by atoms with Gasteiger partial charge >= 0.3 is 0 Å². The molecule has 0 aliphatic heterocycles. The number of methoxy groups -OCH3 is 1. The lowest BCUT2D eigenvalue weighted by atomic mass is 10.00. The van der Waals surface area contributed by atoms with Crippen molar-refractivity contribution in [1.29, 1.82) is 5.41 Å². The topological polar surface area (TPSA) is 76.9 Å². The predicted molar refractivity (Wildman–Crippen MR) is 113 cm³/mol. The van der Waals surface area contributed by atoms with E-state index in [2.05, 4.69) is 0 Å². The maximum atomic E-state index is 13.4. The highest BCUT2D eigenvalue weighted by atomic mass is 16.5. The van der Waals surface area contributed by atoms with Crippen molar-refractivity contribution in [3.63, 3.8) is 0 Å². The molecule has 0 radical (unpaired) electrons. The van der Waals surface area contributed by atoms with E-state index in [9.17, 15) is 9.90 Å². The van der Waals surface area contributed by atoms with Crippen LogP contribution in [0.1, 0.15) is 12.5 Å². The molecule has 28 heavy (non-hydrogen) atoms. The van der Waals surface area contributed by atoms with Crippen LogP contribution in [0.5, 0.6) is 5.75 Å². The van der Waals surface area contributed by atoms with Crippen LogP contribution in [0.3, 0.4) is 0 Å². The largest absolute Gasteiger partial charge is 0.512 e. The summed E-state index contributed by atoms with van der Waals surface area (Å²) in [6.45, 7) is 2.48. The maximum Gasteiger partial charge on any atom is 0.263 e. The van der Waals surface area contributed by atoms with E-state index in [0.29, 0.717) is 30.1 Å². The van der Waals surface area contributed by atoms with Gasteiger partial charge in [0.05, 0.1) is 12.8 Å². The summed E-state index contributed by atoms with van der Waals surface area (Å²) in [6, 6.07) is 16.1. The molecule has 0 atom stereocenters. The second kappa shape index (κ2) is 9.71. The summed E-state index contributed by atoms with van der Waals surface area (Å²) >= 11 is 0. The van der Waals surface area contributed by atoms with Crippen LogP contribution in [0, 0.1) is 5.41 Å². The standard InChI is InChI=1S/C22H27N3O3/c1-16(26)20(21(23)17-8-6-5-7-9-17)22(27)25(15-14-24(2)3)18-10-12-19(28-4)13-11-18/h5-13,23,26H,14-15H2,1-4H3. The molecular formula is C22H27N3O3. The molecule has 6 nitrogen and oxygen atoms in total. The first-order valence-electron chi connectivity index (χ1n) is 9.00. The summed E-state index contributed by atoms with van der Waals surface area (Å²) in [7, 11) is 5.44. The first-order chi connectivity index (χ1) is 13.3.